The maximum absolute atomic E-state index is 5.92. The van der Waals surface area contributed by atoms with E-state index in [1.165, 1.54) is 108 Å². The Labute approximate surface area is 182 Å². The molecule has 0 aliphatic heterocycles. The average molecular weight is 404 g/mol. The third kappa shape index (κ3) is 14.4. The molecule has 0 bridgehead atoms. The number of rotatable bonds is 20. The molecule has 0 saturated heterocycles. The lowest BCUT2D eigenvalue weighted by Gasteiger charge is -2.19. The van der Waals surface area contributed by atoms with Gasteiger partial charge in [-0.2, -0.15) is 0 Å². The molecule has 2 nitrogen and oxygen atoms in total. The zero-order valence-electron chi connectivity index (χ0n) is 19.9. The molecule has 0 radical (unpaired) electrons. The molecule has 29 heavy (non-hydrogen) atoms. The van der Waals surface area contributed by atoms with E-state index in [4.69, 9.17) is 4.74 Å². The third-order valence-electron chi connectivity index (χ3n) is 5.89. The predicted molar refractivity (Wildman–Crippen MR) is 130 cm³/mol. The Bertz CT molecular complexity index is 456. The largest absolute Gasteiger partial charge is 0.494 e. The molecule has 0 aliphatic carbocycles. The first-order chi connectivity index (χ1) is 14.3. The van der Waals surface area contributed by atoms with E-state index in [1.807, 2.05) is 0 Å². The van der Waals surface area contributed by atoms with Crippen LogP contribution in [0.25, 0.3) is 0 Å². The summed E-state index contributed by atoms with van der Waals surface area (Å²) in [5.41, 5.74) is 1.30. The fourth-order valence-corrected chi connectivity index (χ4v) is 3.83. The lowest BCUT2D eigenvalue weighted by atomic mass is 10.1. The molecular formula is C27H49NO. The summed E-state index contributed by atoms with van der Waals surface area (Å²) in [6.45, 7) is 6.56. The second kappa shape index (κ2) is 18.8. The van der Waals surface area contributed by atoms with Crippen LogP contribution in [0.2, 0.25) is 0 Å². The summed E-state index contributed by atoms with van der Waals surface area (Å²) in [5, 5.41) is 0. The molecule has 0 aliphatic rings. The second-order valence-corrected chi connectivity index (χ2v) is 8.71. The van der Waals surface area contributed by atoms with E-state index < -0.39 is 0 Å². The summed E-state index contributed by atoms with van der Waals surface area (Å²) in [6, 6.07) is 8.66. The minimum absolute atomic E-state index is 0.850. The Hall–Kier alpha value is -1.18. The smallest absolute Gasteiger partial charge is 0.119 e. The molecule has 0 atom stereocenters. The molecule has 0 amide bonds. The summed E-state index contributed by atoms with van der Waals surface area (Å²) in [7, 11) is 2.21. The molecule has 0 saturated carbocycles. The number of hydrogen-bond acceptors (Lipinski definition) is 2. The Balaban J connectivity index is 2.04. The maximum Gasteiger partial charge on any atom is 0.119 e. The number of hydrogen-bond donors (Lipinski definition) is 0. The van der Waals surface area contributed by atoms with Gasteiger partial charge in [0.05, 0.1) is 6.61 Å². The molecule has 1 aromatic rings. The van der Waals surface area contributed by atoms with Crippen LogP contribution >= 0.6 is 0 Å². The van der Waals surface area contributed by atoms with Gasteiger partial charge in [-0.05, 0) is 37.1 Å². The molecule has 0 unspecified atom stereocenters. The van der Waals surface area contributed by atoms with Crippen LogP contribution in [0.3, 0.4) is 0 Å². The van der Waals surface area contributed by atoms with Crippen LogP contribution in [0.4, 0.5) is 5.69 Å². The molecule has 168 valence electrons. The van der Waals surface area contributed by atoms with Crippen molar-refractivity contribution in [3.8, 4) is 5.75 Å². The molecular weight excluding hydrogens is 354 g/mol. The van der Waals surface area contributed by atoms with Crippen molar-refractivity contribution in [1.82, 2.24) is 0 Å². The van der Waals surface area contributed by atoms with Gasteiger partial charge in [-0.25, -0.2) is 0 Å². The average Bonchev–Trinajstić information content (AvgIpc) is 2.74. The number of benzene rings is 1. The summed E-state index contributed by atoms with van der Waals surface area (Å²) < 4.78 is 5.92. The number of nitrogens with zero attached hydrogens (tertiary/aromatic N) is 1. The van der Waals surface area contributed by atoms with E-state index in [-0.39, 0.29) is 0 Å². The summed E-state index contributed by atoms with van der Waals surface area (Å²) in [5.74, 6) is 1.01. The van der Waals surface area contributed by atoms with Crippen LogP contribution in [0.5, 0.6) is 5.75 Å². The first-order valence-electron chi connectivity index (χ1n) is 12.7. The fourth-order valence-electron chi connectivity index (χ4n) is 3.83. The standard InChI is InChI=1S/C27H49NO/c1-4-6-8-10-12-14-16-18-24-28(3)26-20-22-27(23-21-26)29-25-19-17-15-13-11-9-7-5-2/h20-23H,4-19,24-25H2,1-3H3. The molecule has 0 N–H and O–H groups in total. The summed E-state index contributed by atoms with van der Waals surface area (Å²) >= 11 is 0. The quantitative estimate of drug-likeness (QED) is 0.202. The van der Waals surface area contributed by atoms with Gasteiger partial charge in [0.15, 0.2) is 0 Å². The van der Waals surface area contributed by atoms with Gasteiger partial charge >= 0.3 is 0 Å². The number of ether oxygens (including phenoxy) is 1. The normalized spacial score (nSPS) is 11.0. The van der Waals surface area contributed by atoms with Crippen molar-refractivity contribution in [2.75, 3.05) is 25.1 Å². The van der Waals surface area contributed by atoms with Crippen LogP contribution in [0.15, 0.2) is 24.3 Å². The van der Waals surface area contributed by atoms with Crippen molar-refractivity contribution < 1.29 is 4.74 Å². The van der Waals surface area contributed by atoms with Crippen LogP contribution in [-0.2, 0) is 0 Å². The Morgan fingerprint density at radius 2 is 1.03 bits per heavy atom. The van der Waals surface area contributed by atoms with E-state index in [0.29, 0.717) is 0 Å². The highest BCUT2D eigenvalue weighted by Gasteiger charge is 2.02. The van der Waals surface area contributed by atoms with Crippen molar-refractivity contribution in [3.63, 3.8) is 0 Å². The van der Waals surface area contributed by atoms with Gasteiger partial charge in [0.2, 0.25) is 0 Å². The van der Waals surface area contributed by atoms with Crippen molar-refractivity contribution >= 4 is 5.69 Å². The second-order valence-electron chi connectivity index (χ2n) is 8.71. The first-order valence-corrected chi connectivity index (χ1v) is 12.7. The molecule has 1 aromatic carbocycles. The van der Waals surface area contributed by atoms with Gasteiger partial charge in [0.25, 0.3) is 0 Å². The molecule has 0 heterocycles. The van der Waals surface area contributed by atoms with E-state index in [0.717, 1.165) is 18.9 Å². The van der Waals surface area contributed by atoms with E-state index in [1.54, 1.807) is 0 Å². The highest BCUT2D eigenvalue weighted by Crippen LogP contribution is 2.20. The highest BCUT2D eigenvalue weighted by atomic mass is 16.5. The summed E-state index contributed by atoms with van der Waals surface area (Å²) in [6.07, 6.45) is 21.8. The van der Waals surface area contributed by atoms with Crippen molar-refractivity contribution in [1.29, 1.82) is 0 Å². The van der Waals surface area contributed by atoms with Gasteiger partial charge < -0.3 is 9.64 Å². The number of anilines is 1. The van der Waals surface area contributed by atoms with Gasteiger partial charge in [0, 0.05) is 19.3 Å². The lowest BCUT2D eigenvalue weighted by Crippen LogP contribution is -2.18. The zero-order chi connectivity index (χ0) is 21.0. The van der Waals surface area contributed by atoms with Gasteiger partial charge in [-0.15, -0.1) is 0 Å². The zero-order valence-corrected chi connectivity index (χ0v) is 19.9. The van der Waals surface area contributed by atoms with Crippen molar-refractivity contribution in [2.24, 2.45) is 0 Å². The van der Waals surface area contributed by atoms with E-state index >= 15 is 0 Å². The molecule has 1 rings (SSSR count). The lowest BCUT2D eigenvalue weighted by molar-refractivity contribution is 0.304. The minimum Gasteiger partial charge on any atom is -0.494 e. The topological polar surface area (TPSA) is 12.5 Å². The van der Waals surface area contributed by atoms with Gasteiger partial charge in [-0.3, -0.25) is 0 Å². The Morgan fingerprint density at radius 3 is 1.55 bits per heavy atom. The molecule has 0 fully saturated rings. The molecule has 2 heteroatoms. The predicted octanol–water partition coefficient (Wildman–Crippen LogP) is 8.78. The fraction of sp³-hybridized carbons (Fsp3) is 0.778. The van der Waals surface area contributed by atoms with E-state index in [9.17, 15) is 0 Å². The monoisotopic (exact) mass is 403 g/mol. The van der Waals surface area contributed by atoms with E-state index in [2.05, 4.69) is 50.1 Å². The maximum atomic E-state index is 5.92. The highest BCUT2D eigenvalue weighted by molar-refractivity contribution is 5.48. The first kappa shape index (κ1) is 25.9. The molecule has 0 aromatic heterocycles. The Morgan fingerprint density at radius 1 is 0.586 bits per heavy atom. The van der Waals surface area contributed by atoms with Crippen LogP contribution in [0.1, 0.15) is 117 Å². The number of unbranched alkanes of at least 4 members (excludes halogenated alkanes) is 14. The van der Waals surface area contributed by atoms with Crippen molar-refractivity contribution in [3.05, 3.63) is 24.3 Å². The van der Waals surface area contributed by atoms with Crippen molar-refractivity contribution in [2.45, 2.75) is 117 Å². The van der Waals surface area contributed by atoms with Crippen LogP contribution < -0.4 is 9.64 Å². The third-order valence-corrected chi connectivity index (χ3v) is 5.89. The minimum atomic E-state index is 0.850. The van der Waals surface area contributed by atoms with Gasteiger partial charge in [-0.1, -0.05) is 104 Å². The van der Waals surface area contributed by atoms with Gasteiger partial charge in [0.1, 0.15) is 5.75 Å². The SMILES string of the molecule is CCCCCCCCCCOc1ccc(N(C)CCCCCCCCCC)cc1. The van der Waals surface area contributed by atoms with Crippen LogP contribution in [0, 0.1) is 0 Å². The van der Waals surface area contributed by atoms with Crippen LogP contribution in [-0.4, -0.2) is 20.2 Å². The Kier molecular flexibility index (Phi) is 16.8. The summed E-state index contributed by atoms with van der Waals surface area (Å²) in [4.78, 5) is 2.37. The molecule has 0 spiro atoms.